The summed E-state index contributed by atoms with van der Waals surface area (Å²) >= 11 is 1.27. The van der Waals surface area contributed by atoms with Gasteiger partial charge in [-0.05, 0) is 47.5 Å². The summed E-state index contributed by atoms with van der Waals surface area (Å²) in [5.41, 5.74) is 1.66. The first-order valence-corrected chi connectivity index (χ1v) is 10.2. The van der Waals surface area contributed by atoms with Crippen LogP contribution in [-0.4, -0.2) is 23.8 Å². The molecule has 0 saturated carbocycles. The van der Waals surface area contributed by atoms with E-state index in [1.165, 1.54) is 28.8 Å². The number of nitrogens with zero attached hydrogens (tertiary/aromatic N) is 1. The summed E-state index contributed by atoms with van der Waals surface area (Å²) in [6, 6.07) is 16.4. The van der Waals surface area contributed by atoms with Crippen molar-refractivity contribution in [3.63, 3.8) is 0 Å². The summed E-state index contributed by atoms with van der Waals surface area (Å²) in [6.07, 6.45) is 1.57. The lowest BCUT2D eigenvalue weighted by atomic mass is 10.1. The SMILES string of the molecule is COc1ccc(C2=C(SCc3ccco3)C(=O)N(Cc3ccc(F)cc3)C2=O)cc1. The summed E-state index contributed by atoms with van der Waals surface area (Å²) in [6.45, 7) is 0.0718. The van der Waals surface area contributed by atoms with Crippen LogP contribution >= 0.6 is 11.8 Å². The maximum absolute atomic E-state index is 13.2. The van der Waals surface area contributed by atoms with Crippen LogP contribution in [0.4, 0.5) is 4.39 Å². The summed E-state index contributed by atoms with van der Waals surface area (Å²) in [7, 11) is 1.56. The van der Waals surface area contributed by atoms with E-state index in [2.05, 4.69) is 0 Å². The number of imide groups is 1. The highest BCUT2D eigenvalue weighted by Gasteiger charge is 2.39. The van der Waals surface area contributed by atoms with Gasteiger partial charge in [0.15, 0.2) is 0 Å². The second-order valence-corrected chi connectivity index (χ2v) is 7.61. The standard InChI is InChI=1S/C23H18FNO4S/c1-28-18-10-6-16(7-11-18)20-21(30-14-19-3-2-12-29-19)23(27)25(22(20)26)13-15-4-8-17(24)9-5-15/h2-12H,13-14H2,1H3. The summed E-state index contributed by atoms with van der Waals surface area (Å²) in [4.78, 5) is 27.9. The lowest BCUT2D eigenvalue weighted by Crippen LogP contribution is -2.30. The molecule has 0 aliphatic carbocycles. The number of thioether (sulfide) groups is 1. The van der Waals surface area contributed by atoms with Gasteiger partial charge in [-0.25, -0.2) is 4.39 Å². The number of carbonyl (C=O) groups excluding carboxylic acids is 2. The van der Waals surface area contributed by atoms with E-state index >= 15 is 0 Å². The second kappa shape index (κ2) is 8.59. The maximum Gasteiger partial charge on any atom is 0.268 e. The van der Waals surface area contributed by atoms with Crippen LogP contribution in [0, 0.1) is 5.82 Å². The highest BCUT2D eigenvalue weighted by molar-refractivity contribution is 8.03. The first kappa shape index (κ1) is 20.0. The molecule has 2 aromatic carbocycles. The van der Waals surface area contributed by atoms with Crippen molar-refractivity contribution < 1.29 is 23.1 Å². The molecule has 2 amide bonds. The van der Waals surface area contributed by atoms with E-state index < -0.39 is 0 Å². The molecule has 1 aliphatic heterocycles. The van der Waals surface area contributed by atoms with Gasteiger partial charge in [-0.15, -0.1) is 11.8 Å². The number of halogens is 1. The van der Waals surface area contributed by atoms with Gasteiger partial charge >= 0.3 is 0 Å². The molecule has 0 atom stereocenters. The molecule has 0 bridgehead atoms. The molecule has 1 aromatic heterocycles. The van der Waals surface area contributed by atoms with Gasteiger partial charge in [-0.3, -0.25) is 14.5 Å². The summed E-state index contributed by atoms with van der Waals surface area (Å²) < 4.78 is 23.8. The largest absolute Gasteiger partial charge is 0.497 e. The lowest BCUT2D eigenvalue weighted by molar-refractivity contribution is -0.137. The lowest BCUT2D eigenvalue weighted by Gasteiger charge is -2.15. The average Bonchev–Trinajstić information content (AvgIpc) is 3.36. The van der Waals surface area contributed by atoms with E-state index in [1.807, 2.05) is 6.07 Å². The van der Waals surface area contributed by atoms with Gasteiger partial charge in [0.25, 0.3) is 11.8 Å². The molecule has 0 spiro atoms. The van der Waals surface area contributed by atoms with Gasteiger partial charge in [0.05, 0.1) is 36.1 Å². The van der Waals surface area contributed by atoms with Gasteiger partial charge in [-0.2, -0.15) is 0 Å². The van der Waals surface area contributed by atoms with Gasteiger partial charge in [-0.1, -0.05) is 24.3 Å². The quantitative estimate of drug-likeness (QED) is 0.518. The number of benzene rings is 2. The van der Waals surface area contributed by atoms with Crippen molar-refractivity contribution in [3.05, 3.63) is 94.5 Å². The van der Waals surface area contributed by atoms with Gasteiger partial charge in [0.1, 0.15) is 17.3 Å². The molecule has 7 heteroatoms. The highest BCUT2D eigenvalue weighted by Crippen LogP contribution is 2.38. The number of hydrogen-bond acceptors (Lipinski definition) is 5. The molecular formula is C23H18FNO4S. The zero-order valence-corrected chi connectivity index (χ0v) is 16.9. The normalized spacial score (nSPS) is 14.0. The molecule has 0 fully saturated rings. The van der Waals surface area contributed by atoms with Crippen molar-refractivity contribution in [1.29, 1.82) is 0 Å². The van der Waals surface area contributed by atoms with Gasteiger partial charge in [0, 0.05) is 0 Å². The highest BCUT2D eigenvalue weighted by atomic mass is 32.2. The van der Waals surface area contributed by atoms with Crippen LogP contribution in [0.5, 0.6) is 5.75 Å². The zero-order chi connectivity index (χ0) is 21.1. The third kappa shape index (κ3) is 4.02. The Balaban J connectivity index is 1.66. The molecule has 1 aliphatic rings. The molecular weight excluding hydrogens is 405 g/mol. The number of amides is 2. The van der Waals surface area contributed by atoms with Gasteiger partial charge < -0.3 is 9.15 Å². The van der Waals surface area contributed by atoms with E-state index in [0.29, 0.717) is 38.9 Å². The Bertz CT molecular complexity index is 1090. The molecule has 0 radical (unpaired) electrons. The number of hydrogen-bond donors (Lipinski definition) is 0. The molecule has 152 valence electrons. The second-order valence-electron chi connectivity index (χ2n) is 6.62. The summed E-state index contributed by atoms with van der Waals surface area (Å²) in [5, 5.41) is 0. The van der Waals surface area contributed by atoms with Crippen molar-refractivity contribution in [1.82, 2.24) is 4.90 Å². The molecule has 0 saturated heterocycles. The molecule has 30 heavy (non-hydrogen) atoms. The Kier molecular flexibility index (Phi) is 5.72. The topological polar surface area (TPSA) is 59.8 Å². The Morgan fingerprint density at radius 2 is 1.73 bits per heavy atom. The van der Waals surface area contributed by atoms with Crippen molar-refractivity contribution in [2.75, 3.05) is 7.11 Å². The van der Waals surface area contributed by atoms with Crippen LogP contribution in [0.15, 0.2) is 76.2 Å². The van der Waals surface area contributed by atoms with Crippen LogP contribution < -0.4 is 4.74 Å². The Morgan fingerprint density at radius 1 is 1.00 bits per heavy atom. The van der Waals surface area contributed by atoms with Crippen LogP contribution in [0.25, 0.3) is 5.57 Å². The van der Waals surface area contributed by atoms with Crippen LogP contribution in [0.1, 0.15) is 16.9 Å². The predicted molar refractivity (Wildman–Crippen MR) is 112 cm³/mol. The fourth-order valence-electron chi connectivity index (χ4n) is 3.15. The molecule has 4 rings (SSSR count). The first-order valence-electron chi connectivity index (χ1n) is 9.21. The van der Waals surface area contributed by atoms with Crippen molar-refractivity contribution in [3.8, 4) is 5.75 Å². The first-order chi connectivity index (χ1) is 14.6. The van der Waals surface area contributed by atoms with E-state index in [0.717, 1.165) is 0 Å². The Hall–Kier alpha value is -3.32. The van der Waals surface area contributed by atoms with E-state index in [4.69, 9.17) is 9.15 Å². The summed E-state index contributed by atoms with van der Waals surface area (Å²) in [5.74, 6) is 0.668. The third-order valence-electron chi connectivity index (χ3n) is 4.70. The fourth-order valence-corrected chi connectivity index (χ4v) is 4.19. The smallest absolute Gasteiger partial charge is 0.268 e. The van der Waals surface area contributed by atoms with Crippen molar-refractivity contribution >= 4 is 29.1 Å². The predicted octanol–water partition coefficient (Wildman–Crippen LogP) is 4.64. The number of carbonyl (C=O) groups is 2. The number of furan rings is 1. The average molecular weight is 423 g/mol. The monoisotopic (exact) mass is 423 g/mol. The number of rotatable bonds is 7. The number of ether oxygens (including phenoxy) is 1. The van der Waals surface area contributed by atoms with Crippen LogP contribution in [-0.2, 0) is 21.9 Å². The molecule has 2 heterocycles. The van der Waals surface area contributed by atoms with E-state index in [9.17, 15) is 14.0 Å². The van der Waals surface area contributed by atoms with E-state index in [-0.39, 0.29) is 24.2 Å². The van der Waals surface area contributed by atoms with Gasteiger partial charge in [0.2, 0.25) is 0 Å². The maximum atomic E-state index is 13.2. The minimum Gasteiger partial charge on any atom is -0.497 e. The minimum absolute atomic E-state index is 0.0718. The molecule has 5 nitrogen and oxygen atoms in total. The van der Waals surface area contributed by atoms with Crippen LogP contribution in [0.2, 0.25) is 0 Å². The molecule has 0 unspecified atom stereocenters. The van der Waals surface area contributed by atoms with Crippen molar-refractivity contribution in [2.24, 2.45) is 0 Å². The molecule has 0 N–H and O–H groups in total. The van der Waals surface area contributed by atoms with Crippen LogP contribution in [0.3, 0.4) is 0 Å². The molecule has 3 aromatic rings. The Labute approximate surface area is 177 Å². The minimum atomic E-state index is -0.378. The Morgan fingerprint density at radius 3 is 2.37 bits per heavy atom. The number of methoxy groups -OCH3 is 1. The third-order valence-corrected chi connectivity index (χ3v) is 5.79. The van der Waals surface area contributed by atoms with E-state index in [1.54, 1.807) is 55.8 Å². The van der Waals surface area contributed by atoms with Crippen molar-refractivity contribution in [2.45, 2.75) is 12.3 Å². The fraction of sp³-hybridized carbons (Fsp3) is 0.130. The zero-order valence-electron chi connectivity index (χ0n) is 16.1.